The molecule has 2 aromatic rings. The third kappa shape index (κ3) is 4.39. The number of hydrogen-bond donors (Lipinski definition) is 1. The minimum Gasteiger partial charge on any atom is -0.384 e. The minimum atomic E-state index is -0.0507. The molecule has 0 spiro atoms. The first-order valence-corrected chi connectivity index (χ1v) is 10.5. The van der Waals surface area contributed by atoms with Crippen molar-refractivity contribution in [3.05, 3.63) is 17.8 Å². The molecule has 0 aromatic carbocycles. The topological polar surface area (TPSA) is 114 Å². The molecule has 0 bridgehead atoms. The summed E-state index contributed by atoms with van der Waals surface area (Å²) in [5.74, 6) is 2.18. The molecular weight excluding hydrogens is 408 g/mol. The van der Waals surface area contributed by atoms with E-state index < -0.39 is 0 Å². The minimum absolute atomic E-state index is 0.000495. The predicted molar refractivity (Wildman–Crippen MR) is 115 cm³/mol. The summed E-state index contributed by atoms with van der Waals surface area (Å²) in [7, 11) is 0. The van der Waals surface area contributed by atoms with Gasteiger partial charge in [-0.15, -0.1) is 11.6 Å². The zero-order chi connectivity index (χ0) is 21.1. The Morgan fingerprint density at radius 1 is 1.07 bits per heavy atom. The summed E-state index contributed by atoms with van der Waals surface area (Å²) in [6.07, 6.45) is 1.70. The van der Waals surface area contributed by atoms with Gasteiger partial charge in [0.1, 0.15) is 11.7 Å². The van der Waals surface area contributed by atoms with Crippen LogP contribution < -0.4 is 15.5 Å². The first kappa shape index (κ1) is 20.5. The number of ether oxygens (including phenoxy) is 1. The number of aromatic nitrogens is 4. The van der Waals surface area contributed by atoms with E-state index in [-0.39, 0.29) is 11.8 Å². The number of rotatable bonds is 4. The van der Waals surface area contributed by atoms with Gasteiger partial charge < -0.3 is 25.2 Å². The van der Waals surface area contributed by atoms with E-state index in [4.69, 9.17) is 37.0 Å². The van der Waals surface area contributed by atoms with E-state index in [1.54, 1.807) is 11.1 Å². The van der Waals surface area contributed by atoms with Crippen molar-refractivity contribution in [3.63, 3.8) is 0 Å². The van der Waals surface area contributed by atoms with Crippen LogP contribution in [-0.2, 0) is 9.53 Å². The zero-order valence-corrected chi connectivity index (χ0v) is 17.7. The van der Waals surface area contributed by atoms with Gasteiger partial charge in [-0.1, -0.05) is 0 Å². The number of amides is 1. The Bertz CT molecular complexity index is 913. The summed E-state index contributed by atoms with van der Waals surface area (Å²) in [5.41, 5.74) is 7.58. The standard InChI is InChI=1S/C19H25ClN8O2/c1-13-10-15(21)22-12-14(13)17-23-18(25-19(24-17)28-6-8-30-9-7-28)27-4-2-26(3-5-27)16(29)11-20/h10,12H,2-9,11H2,1H3,(H2,21,22). The smallest absolute Gasteiger partial charge is 0.237 e. The molecule has 2 aliphatic heterocycles. The number of alkyl halides is 1. The average Bonchev–Trinajstić information content (AvgIpc) is 2.79. The van der Waals surface area contributed by atoms with E-state index >= 15 is 0 Å². The predicted octanol–water partition coefficient (Wildman–Crippen LogP) is 0.548. The number of nitrogen functional groups attached to an aromatic ring is 1. The quantitative estimate of drug-likeness (QED) is 0.691. The van der Waals surface area contributed by atoms with Crippen LogP contribution in [0.2, 0.25) is 0 Å². The number of halogens is 1. The van der Waals surface area contributed by atoms with Crippen molar-refractivity contribution in [2.24, 2.45) is 0 Å². The van der Waals surface area contributed by atoms with Crippen LogP contribution in [0.25, 0.3) is 11.4 Å². The van der Waals surface area contributed by atoms with Gasteiger partial charge in [0, 0.05) is 51.0 Å². The molecule has 2 aromatic heterocycles. The van der Waals surface area contributed by atoms with Crippen molar-refractivity contribution < 1.29 is 9.53 Å². The van der Waals surface area contributed by atoms with E-state index in [9.17, 15) is 4.79 Å². The van der Waals surface area contributed by atoms with Crippen LogP contribution in [0.3, 0.4) is 0 Å². The number of hydrogen-bond acceptors (Lipinski definition) is 9. The number of piperazine rings is 1. The van der Waals surface area contributed by atoms with Gasteiger partial charge in [0.05, 0.1) is 13.2 Å². The van der Waals surface area contributed by atoms with Gasteiger partial charge in [0.25, 0.3) is 0 Å². The Kier molecular flexibility index (Phi) is 6.14. The number of morpholine rings is 1. The highest BCUT2D eigenvalue weighted by atomic mass is 35.5. The van der Waals surface area contributed by atoms with Crippen molar-refractivity contribution >= 4 is 35.2 Å². The Morgan fingerprint density at radius 2 is 1.70 bits per heavy atom. The molecule has 2 fully saturated rings. The highest BCUT2D eigenvalue weighted by molar-refractivity contribution is 6.27. The molecule has 1 amide bonds. The summed E-state index contributed by atoms with van der Waals surface area (Å²) in [5, 5.41) is 0. The molecule has 2 N–H and O–H groups in total. The maximum absolute atomic E-state index is 11.9. The maximum atomic E-state index is 11.9. The van der Waals surface area contributed by atoms with Crippen LogP contribution in [0, 0.1) is 6.92 Å². The average molecular weight is 433 g/mol. The molecule has 2 aliphatic rings. The van der Waals surface area contributed by atoms with Crippen molar-refractivity contribution in [2.75, 3.05) is 73.9 Å². The molecular formula is C19H25ClN8O2. The Balaban J connectivity index is 1.66. The first-order chi connectivity index (χ1) is 14.5. The summed E-state index contributed by atoms with van der Waals surface area (Å²) < 4.78 is 5.46. The Morgan fingerprint density at radius 3 is 2.30 bits per heavy atom. The van der Waals surface area contributed by atoms with Gasteiger partial charge in [0.15, 0.2) is 5.82 Å². The second-order valence-corrected chi connectivity index (χ2v) is 7.55. The summed E-state index contributed by atoms with van der Waals surface area (Å²) in [4.78, 5) is 36.2. The summed E-state index contributed by atoms with van der Waals surface area (Å²) in [6.45, 7) is 7.11. The first-order valence-electron chi connectivity index (χ1n) is 9.95. The van der Waals surface area contributed by atoms with E-state index in [1.807, 2.05) is 13.0 Å². The molecule has 4 heterocycles. The molecule has 0 aliphatic carbocycles. The van der Waals surface area contributed by atoms with Crippen LogP contribution >= 0.6 is 11.6 Å². The number of nitrogens with zero attached hydrogens (tertiary/aromatic N) is 7. The van der Waals surface area contributed by atoms with E-state index in [0.717, 1.165) is 24.2 Å². The monoisotopic (exact) mass is 432 g/mol. The number of anilines is 3. The fraction of sp³-hybridized carbons (Fsp3) is 0.526. The number of aryl methyl sites for hydroxylation is 1. The normalized spacial score (nSPS) is 17.3. The highest BCUT2D eigenvalue weighted by Gasteiger charge is 2.25. The van der Waals surface area contributed by atoms with Crippen molar-refractivity contribution in [1.82, 2.24) is 24.8 Å². The fourth-order valence-corrected chi connectivity index (χ4v) is 3.74. The third-order valence-electron chi connectivity index (χ3n) is 5.31. The second kappa shape index (κ2) is 8.97. The maximum Gasteiger partial charge on any atom is 0.237 e. The van der Waals surface area contributed by atoms with Crippen molar-refractivity contribution in [3.8, 4) is 11.4 Å². The molecule has 0 unspecified atom stereocenters. The fourth-order valence-electron chi connectivity index (χ4n) is 3.57. The number of carbonyl (C=O) groups excluding carboxylic acids is 1. The lowest BCUT2D eigenvalue weighted by Crippen LogP contribution is -2.49. The summed E-state index contributed by atoms with van der Waals surface area (Å²) >= 11 is 5.69. The molecule has 0 atom stereocenters. The van der Waals surface area contributed by atoms with E-state index in [1.165, 1.54) is 0 Å². The number of nitrogens with two attached hydrogens (primary N) is 1. The molecule has 10 nitrogen and oxygen atoms in total. The Labute approximate surface area is 180 Å². The van der Waals surface area contributed by atoms with Crippen LogP contribution in [0.4, 0.5) is 17.7 Å². The van der Waals surface area contributed by atoms with Crippen LogP contribution in [-0.4, -0.2) is 89.1 Å². The molecule has 30 heavy (non-hydrogen) atoms. The highest BCUT2D eigenvalue weighted by Crippen LogP contribution is 2.25. The lowest BCUT2D eigenvalue weighted by molar-refractivity contribution is -0.128. The molecule has 2 saturated heterocycles. The second-order valence-electron chi connectivity index (χ2n) is 7.28. The lowest BCUT2D eigenvalue weighted by Gasteiger charge is -2.35. The van der Waals surface area contributed by atoms with Gasteiger partial charge in [-0.3, -0.25) is 4.79 Å². The zero-order valence-electron chi connectivity index (χ0n) is 16.9. The van der Waals surface area contributed by atoms with E-state index in [0.29, 0.717) is 62.9 Å². The van der Waals surface area contributed by atoms with Crippen LogP contribution in [0.1, 0.15) is 5.56 Å². The summed E-state index contributed by atoms with van der Waals surface area (Å²) in [6, 6.07) is 1.81. The van der Waals surface area contributed by atoms with Gasteiger partial charge >= 0.3 is 0 Å². The van der Waals surface area contributed by atoms with Crippen LogP contribution in [0.15, 0.2) is 12.3 Å². The molecule has 11 heteroatoms. The molecule has 4 rings (SSSR count). The number of pyridine rings is 1. The van der Waals surface area contributed by atoms with Crippen LogP contribution in [0.5, 0.6) is 0 Å². The largest absolute Gasteiger partial charge is 0.384 e. The lowest BCUT2D eigenvalue weighted by atomic mass is 10.1. The van der Waals surface area contributed by atoms with E-state index in [2.05, 4.69) is 14.8 Å². The SMILES string of the molecule is Cc1cc(N)ncc1-c1nc(N2CCOCC2)nc(N2CCN(C(=O)CCl)CC2)n1. The Hall–Kier alpha value is -2.72. The molecule has 160 valence electrons. The van der Waals surface area contributed by atoms with Gasteiger partial charge in [-0.2, -0.15) is 15.0 Å². The van der Waals surface area contributed by atoms with Gasteiger partial charge in [-0.05, 0) is 18.6 Å². The van der Waals surface area contributed by atoms with Crippen molar-refractivity contribution in [1.29, 1.82) is 0 Å². The number of carbonyl (C=O) groups is 1. The van der Waals surface area contributed by atoms with Gasteiger partial charge in [0.2, 0.25) is 17.8 Å². The third-order valence-corrected chi connectivity index (χ3v) is 5.54. The van der Waals surface area contributed by atoms with Crippen molar-refractivity contribution in [2.45, 2.75) is 6.92 Å². The molecule has 0 radical (unpaired) electrons. The van der Waals surface area contributed by atoms with Gasteiger partial charge in [-0.25, -0.2) is 4.98 Å². The molecule has 0 saturated carbocycles.